The van der Waals surface area contributed by atoms with Crippen molar-refractivity contribution in [1.29, 1.82) is 0 Å². The maximum atomic E-state index is 11.2. The lowest BCUT2D eigenvalue weighted by molar-refractivity contribution is 0.0698. The Morgan fingerprint density at radius 1 is 1.21 bits per heavy atom. The monoisotopic (exact) mass is 276 g/mol. The van der Waals surface area contributed by atoms with E-state index < -0.39 is 5.97 Å². The van der Waals surface area contributed by atoms with Crippen molar-refractivity contribution in [2.75, 3.05) is 6.61 Å². The highest BCUT2D eigenvalue weighted by atomic mass is 35.5. The fraction of sp³-hybridized carbons (Fsp3) is 0.133. The van der Waals surface area contributed by atoms with Gasteiger partial charge in [0, 0.05) is 5.02 Å². The molecule has 1 N–H and O–H groups in total. The number of halogens is 1. The van der Waals surface area contributed by atoms with Crippen LogP contribution in [0.25, 0.3) is 11.1 Å². The van der Waals surface area contributed by atoms with E-state index in [-0.39, 0.29) is 5.56 Å². The van der Waals surface area contributed by atoms with E-state index in [0.717, 1.165) is 11.3 Å². The quantitative estimate of drug-likeness (QED) is 0.914. The van der Waals surface area contributed by atoms with Gasteiger partial charge < -0.3 is 9.84 Å². The number of hydrogen-bond donors (Lipinski definition) is 1. The Labute approximate surface area is 116 Å². The minimum atomic E-state index is -0.972. The van der Waals surface area contributed by atoms with Gasteiger partial charge in [0.1, 0.15) is 5.75 Å². The lowest BCUT2D eigenvalue weighted by Gasteiger charge is -2.08. The molecule has 3 nitrogen and oxygen atoms in total. The van der Waals surface area contributed by atoms with Crippen LogP contribution >= 0.6 is 11.6 Å². The van der Waals surface area contributed by atoms with Gasteiger partial charge in [-0.2, -0.15) is 0 Å². The molecule has 0 amide bonds. The Hall–Kier alpha value is -2.00. The highest BCUT2D eigenvalue weighted by Crippen LogP contribution is 2.28. The van der Waals surface area contributed by atoms with Gasteiger partial charge in [0.05, 0.1) is 12.2 Å². The van der Waals surface area contributed by atoms with E-state index in [9.17, 15) is 9.90 Å². The minimum absolute atomic E-state index is 0.230. The van der Waals surface area contributed by atoms with Crippen LogP contribution in [0.5, 0.6) is 5.75 Å². The minimum Gasteiger partial charge on any atom is -0.494 e. The van der Waals surface area contributed by atoms with Gasteiger partial charge in [-0.25, -0.2) is 4.79 Å². The highest BCUT2D eigenvalue weighted by Gasteiger charge is 2.12. The van der Waals surface area contributed by atoms with Gasteiger partial charge in [0.15, 0.2) is 0 Å². The van der Waals surface area contributed by atoms with Gasteiger partial charge in [-0.15, -0.1) is 0 Å². The van der Waals surface area contributed by atoms with Crippen LogP contribution in [0.3, 0.4) is 0 Å². The Bertz CT molecular complexity index is 591. The van der Waals surface area contributed by atoms with Gasteiger partial charge in [0.25, 0.3) is 0 Å². The Kier molecular flexibility index (Phi) is 4.07. The van der Waals surface area contributed by atoms with Gasteiger partial charge in [-0.3, -0.25) is 0 Å². The number of rotatable bonds is 4. The van der Waals surface area contributed by atoms with Crippen LogP contribution in [0.2, 0.25) is 5.02 Å². The maximum absolute atomic E-state index is 11.2. The molecule has 0 heterocycles. The number of hydrogen-bond acceptors (Lipinski definition) is 2. The van der Waals surface area contributed by atoms with Crippen molar-refractivity contribution in [2.24, 2.45) is 0 Å². The average molecular weight is 277 g/mol. The van der Waals surface area contributed by atoms with Crippen LogP contribution in [-0.2, 0) is 0 Å². The lowest BCUT2D eigenvalue weighted by atomic mass is 10.00. The van der Waals surface area contributed by atoms with Crippen molar-refractivity contribution in [3.05, 3.63) is 53.1 Å². The Morgan fingerprint density at radius 2 is 1.89 bits per heavy atom. The smallest absolute Gasteiger partial charge is 0.336 e. The molecule has 19 heavy (non-hydrogen) atoms. The zero-order valence-electron chi connectivity index (χ0n) is 10.4. The van der Waals surface area contributed by atoms with Gasteiger partial charge in [-0.1, -0.05) is 23.7 Å². The summed E-state index contributed by atoms with van der Waals surface area (Å²) in [4.78, 5) is 11.2. The Balaban J connectivity index is 2.45. The van der Waals surface area contributed by atoms with E-state index in [1.165, 1.54) is 6.07 Å². The molecular weight excluding hydrogens is 264 g/mol. The number of ether oxygens (including phenoxy) is 1. The third-order valence-corrected chi connectivity index (χ3v) is 2.92. The molecule has 0 saturated heterocycles. The summed E-state index contributed by atoms with van der Waals surface area (Å²) in [5.74, 6) is -0.217. The van der Waals surface area contributed by atoms with Crippen molar-refractivity contribution in [3.63, 3.8) is 0 Å². The first-order valence-electron chi connectivity index (χ1n) is 5.88. The third-order valence-electron chi connectivity index (χ3n) is 2.69. The topological polar surface area (TPSA) is 46.5 Å². The van der Waals surface area contributed by atoms with Crippen LogP contribution in [0.1, 0.15) is 17.3 Å². The van der Waals surface area contributed by atoms with E-state index >= 15 is 0 Å². The summed E-state index contributed by atoms with van der Waals surface area (Å²) in [6.45, 7) is 2.50. The molecule has 0 radical (unpaired) electrons. The summed E-state index contributed by atoms with van der Waals surface area (Å²) in [7, 11) is 0. The van der Waals surface area contributed by atoms with Crippen molar-refractivity contribution in [3.8, 4) is 16.9 Å². The fourth-order valence-electron chi connectivity index (χ4n) is 1.84. The molecule has 0 aliphatic carbocycles. The first-order chi connectivity index (χ1) is 9.11. The molecule has 2 aromatic rings. The molecule has 0 aromatic heterocycles. The summed E-state index contributed by atoms with van der Waals surface area (Å²) in [6, 6.07) is 12.0. The standard InChI is InChI=1S/C15H13ClO3/c1-2-19-12-6-3-10(4-7-12)14-9-11(16)5-8-13(14)15(17)18/h3-9H,2H2,1H3,(H,17,18). The first-order valence-corrected chi connectivity index (χ1v) is 6.25. The van der Waals surface area contributed by atoms with Crippen LogP contribution in [-0.4, -0.2) is 17.7 Å². The first kappa shape index (κ1) is 13.4. The molecule has 2 rings (SSSR count). The average Bonchev–Trinajstić information content (AvgIpc) is 2.39. The molecule has 98 valence electrons. The third kappa shape index (κ3) is 3.06. The van der Waals surface area contributed by atoms with E-state index in [0.29, 0.717) is 17.2 Å². The molecule has 0 aliphatic heterocycles. The molecule has 0 fully saturated rings. The summed E-state index contributed by atoms with van der Waals surface area (Å²) >= 11 is 5.93. The van der Waals surface area contributed by atoms with Crippen molar-refractivity contribution in [1.82, 2.24) is 0 Å². The number of carbonyl (C=O) groups is 1. The van der Waals surface area contributed by atoms with Crippen LogP contribution in [0.4, 0.5) is 0 Å². The SMILES string of the molecule is CCOc1ccc(-c2cc(Cl)ccc2C(=O)O)cc1. The second-order valence-corrected chi connectivity index (χ2v) is 4.39. The Morgan fingerprint density at radius 3 is 2.47 bits per heavy atom. The molecule has 0 bridgehead atoms. The highest BCUT2D eigenvalue weighted by molar-refractivity contribution is 6.31. The van der Waals surface area contributed by atoms with Gasteiger partial charge in [0.2, 0.25) is 0 Å². The van der Waals surface area contributed by atoms with Gasteiger partial charge >= 0.3 is 5.97 Å². The largest absolute Gasteiger partial charge is 0.494 e. The summed E-state index contributed by atoms with van der Waals surface area (Å²) in [5.41, 5.74) is 1.62. The molecule has 2 aromatic carbocycles. The van der Waals surface area contributed by atoms with E-state index in [1.54, 1.807) is 12.1 Å². The summed E-state index contributed by atoms with van der Waals surface area (Å²) in [5, 5.41) is 9.70. The maximum Gasteiger partial charge on any atom is 0.336 e. The van der Waals surface area contributed by atoms with E-state index in [2.05, 4.69) is 0 Å². The van der Waals surface area contributed by atoms with Crippen molar-refractivity contribution in [2.45, 2.75) is 6.92 Å². The molecule has 0 aliphatic rings. The molecule has 0 spiro atoms. The van der Waals surface area contributed by atoms with Crippen molar-refractivity contribution < 1.29 is 14.6 Å². The predicted octanol–water partition coefficient (Wildman–Crippen LogP) is 4.10. The van der Waals surface area contributed by atoms with Crippen molar-refractivity contribution >= 4 is 17.6 Å². The second kappa shape index (κ2) is 5.76. The summed E-state index contributed by atoms with van der Waals surface area (Å²) < 4.78 is 5.36. The van der Waals surface area contributed by atoms with Gasteiger partial charge in [-0.05, 0) is 48.4 Å². The number of carboxylic acids is 1. The molecular formula is C15H13ClO3. The zero-order chi connectivity index (χ0) is 13.8. The second-order valence-electron chi connectivity index (χ2n) is 3.95. The molecule has 0 unspecified atom stereocenters. The fourth-order valence-corrected chi connectivity index (χ4v) is 2.01. The molecule has 0 atom stereocenters. The van der Waals surface area contributed by atoms with Crippen LogP contribution in [0.15, 0.2) is 42.5 Å². The number of carboxylic acid groups (broad SMARTS) is 1. The number of benzene rings is 2. The van der Waals surface area contributed by atoms with E-state index in [1.807, 2.05) is 31.2 Å². The zero-order valence-corrected chi connectivity index (χ0v) is 11.1. The van der Waals surface area contributed by atoms with E-state index in [4.69, 9.17) is 16.3 Å². The molecule has 4 heteroatoms. The van der Waals surface area contributed by atoms with Crippen LogP contribution < -0.4 is 4.74 Å². The van der Waals surface area contributed by atoms with Crippen LogP contribution in [0, 0.1) is 0 Å². The normalized spacial score (nSPS) is 10.2. The lowest BCUT2D eigenvalue weighted by Crippen LogP contribution is -1.99. The predicted molar refractivity (Wildman–Crippen MR) is 75.0 cm³/mol. The molecule has 0 saturated carbocycles. The summed E-state index contributed by atoms with van der Waals surface area (Å²) in [6.07, 6.45) is 0. The number of aromatic carboxylic acids is 1.